The van der Waals surface area contributed by atoms with Gasteiger partial charge in [-0.2, -0.15) is 12.6 Å². The van der Waals surface area contributed by atoms with Gasteiger partial charge in [0.25, 0.3) is 0 Å². The van der Waals surface area contributed by atoms with E-state index in [9.17, 15) is 0 Å². The summed E-state index contributed by atoms with van der Waals surface area (Å²) >= 11 is 4.22. The third kappa shape index (κ3) is 4.17. The lowest BCUT2D eigenvalue weighted by Gasteiger charge is -2.21. The van der Waals surface area contributed by atoms with Gasteiger partial charge in [0.2, 0.25) is 0 Å². The predicted molar refractivity (Wildman–Crippen MR) is 72.2 cm³/mol. The van der Waals surface area contributed by atoms with Crippen LogP contribution in [0.25, 0.3) is 0 Å². The van der Waals surface area contributed by atoms with Gasteiger partial charge in [0.05, 0.1) is 0 Å². The number of unbranched alkanes of at least 4 members (excludes halogenated alkanes) is 2. The Kier molecular flexibility index (Phi) is 5.62. The third-order valence-electron chi connectivity index (χ3n) is 2.68. The highest BCUT2D eigenvalue weighted by Gasteiger charge is 2.02. The maximum absolute atomic E-state index is 4.22. The van der Waals surface area contributed by atoms with Crippen molar-refractivity contribution in [2.75, 3.05) is 24.2 Å². The van der Waals surface area contributed by atoms with E-state index in [-0.39, 0.29) is 0 Å². The Morgan fingerprint density at radius 3 is 2.53 bits per heavy atom. The lowest BCUT2D eigenvalue weighted by atomic mass is 10.1. The number of para-hydroxylation sites is 1. The van der Waals surface area contributed by atoms with Crippen LogP contribution in [0.5, 0.6) is 0 Å². The van der Waals surface area contributed by atoms with E-state index in [4.69, 9.17) is 0 Å². The van der Waals surface area contributed by atoms with Crippen molar-refractivity contribution in [2.45, 2.75) is 26.2 Å². The van der Waals surface area contributed by atoms with Gasteiger partial charge in [-0.3, -0.25) is 0 Å². The molecule has 0 aliphatic rings. The summed E-state index contributed by atoms with van der Waals surface area (Å²) in [6.45, 7) is 3.30. The van der Waals surface area contributed by atoms with Crippen molar-refractivity contribution in [3.63, 3.8) is 0 Å². The van der Waals surface area contributed by atoms with Gasteiger partial charge in [-0.1, -0.05) is 24.6 Å². The van der Waals surface area contributed by atoms with Crippen molar-refractivity contribution in [3.05, 3.63) is 29.8 Å². The van der Waals surface area contributed by atoms with Crippen LogP contribution in [0.2, 0.25) is 0 Å². The van der Waals surface area contributed by atoms with Gasteiger partial charge in [0, 0.05) is 19.3 Å². The number of aryl methyl sites for hydroxylation is 1. The molecule has 0 amide bonds. The molecule has 1 aromatic carbocycles. The fourth-order valence-electron chi connectivity index (χ4n) is 1.75. The van der Waals surface area contributed by atoms with E-state index in [1.54, 1.807) is 0 Å². The summed E-state index contributed by atoms with van der Waals surface area (Å²) in [5, 5.41) is 0. The van der Waals surface area contributed by atoms with Gasteiger partial charge in [-0.15, -0.1) is 0 Å². The molecule has 0 unspecified atom stereocenters. The Labute approximate surface area is 98.9 Å². The summed E-state index contributed by atoms with van der Waals surface area (Å²) in [5.41, 5.74) is 2.71. The quantitative estimate of drug-likeness (QED) is 0.570. The average Bonchev–Trinajstić information content (AvgIpc) is 2.25. The predicted octanol–water partition coefficient (Wildman–Crippen LogP) is 3.53. The molecule has 0 saturated carbocycles. The second-order valence-electron chi connectivity index (χ2n) is 3.99. The second kappa shape index (κ2) is 6.78. The molecule has 0 bridgehead atoms. The molecule has 0 atom stereocenters. The first-order valence-electron chi connectivity index (χ1n) is 5.63. The van der Waals surface area contributed by atoms with Gasteiger partial charge in [-0.25, -0.2) is 0 Å². The molecular formula is C13H21NS. The third-order valence-corrected chi connectivity index (χ3v) is 2.99. The van der Waals surface area contributed by atoms with E-state index < -0.39 is 0 Å². The minimum Gasteiger partial charge on any atom is -0.374 e. The number of thiol groups is 1. The van der Waals surface area contributed by atoms with Crippen LogP contribution >= 0.6 is 12.6 Å². The van der Waals surface area contributed by atoms with Crippen molar-refractivity contribution >= 4 is 18.3 Å². The van der Waals surface area contributed by atoms with Crippen LogP contribution in [0, 0.1) is 6.92 Å². The molecule has 0 aromatic heterocycles. The zero-order valence-corrected chi connectivity index (χ0v) is 10.6. The summed E-state index contributed by atoms with van der Waals surface area (Å²) in [4.78, 5) is 2.34. The molecule has 0 aliphatic carbocycles. The molecule has 0 aliphatic heterocycles. The number of rotatable bonds is 6. The molecule has 1 aromatic rings. The first-order valence-corrected chi connectivity index (χ1v) is 6.26. The topological polar surface area (TPSA) is 3.24 Å². The van der Waals surface area contributed by atoms with Crippen molar-refractivity contribution in [2.24, 2.45) is 0 Å². The Bertz CT molecular complexity index is 286. The Morgan fingerprint density at radius 2 is 1.87 bits per heavy atom. The molecule has 0 saturated heterocycles. The molecule has 1 rings (SSSR count). The number of benzene rings is 1. The summed E-state index contributed by atoms with van der Waals surface area (Å²) in [6, 6.07) is 8.55. The molecule has 84 valence electrons. The van der Waals surface area contributed by atoms with E-state index in [0.717, 1.165) is 12.3 Å². The number of hydrogen-bond donors (Lipinski definition) is 1. The smallest absolute Gasteiger partial charge is 0.0393 e. The summed E-state index contributed by atoms with van der Waals surface area (Å²) in [7, 11) is 2.17. The molecule has 0 radical (unpaired) electrons. The number of nitrogens with zero attached hydrogens (tertiary/aromatic N) is 1. The monoisotopic (exact) mass is 223 g/mol. The fraction of sp³-hybridized carbons (Fsp3) is 0.538. The average molecular weight is 223 g/mol. The minimum absolute atomic E-state index is 1.01. The largest absolute Gasteiger partial charge is 0.374 e. The lowest BCUT2D eigenvalue weighted by molar-refractivity contribution is 0.709. The normalized spacial score (nSPS) is 10.3. The van der Waals surface area contributed by atoms with Crippen LogP contribution in [0.1, 0.15) is 24.8 Å². The number of hydrogen-bond acceptors (Lipinski definition) is 2. The molecule has 0 heterocycles. The summed E-state index contributed by atoms with van der Waals surface area (Å²) in [6.07, 6.45) is 3.76. The summed E-state index contributed by atoms with van der Waals surface area (Å²) in [5.74, 6) is 1.01. The van der Waals surface area contributed by atoms with Crippen LogP contribution in [0.3, 0.4) is 0 Å². The first-order chi connectivity index (χ1) is 7.25. The van der Waals surface area contributed by atoms with E-state index in [1.807, 2.05) is 0 Å². The van der Waals surface area contributed by atoms with E-state index in [1.165, 1.54) is 30.5 Å². The maximum Gasteiger partial charge on any atom is 0.0393 e. The highest BCUT2D eigenvalue weighted by Crippen LogP contribution is 2.18. The van der Waals surface area contributed by atoms with Gasteiger partial charge < -0.3 is 4.90 Å². The Hall–Kier alpha value is -0.630. The highest BCUT2D eigenvalue weighted by atomic mass is 32.1. The zero-order valence-electron chi connectivity index (χ0n) is 9.74. The zero-order chi connectivity index (χ0) is 11.1. The van der Waals surface area contributed by atoms with Crippen molar-refractivity contribution in [1.82, 2.24) is 0 Å². The second-order valence-corrected chi connectivity index (χ2v) is 4.44. The SMILES string of the molecule is Cc1ccccc1N(C)CCCCCS. The van der Waals surface area contributed by atoms with Crippen molar-refractivity contribution in [1.29, 1.82) is 0 Å². The summed E-state index contributed by atoms with van der Waals surface area (Å²) < 4.78 is 0. The Balaban J connectivity index is 2.40. The van der Waals surface area contributed by atoms with Crippen molar-refractivity contribution in [3.8, 4) is 0 Å². The van der Waals surface area contributed by atoms with Gasteiger partial charge in [-0.05, 0) is 37.1 Å². The van der Waals surface area contributed by atoms with Crippen LogP contribution in [-0.4, -0.2) is 19.3 Å². The van der Waals surface area contributed by atoms with Gasteiger partial charge >= 0.3 is 0 Å². The van der Waals surface area contributed by atoms with Gasteiger partial charge in [0.15, 0.2) is 0 Å². The lowest BCUT2D eigenvalue weighted by Crippen LogP contribution is -2.19. The van der Waals surface area contributed by atoms with E-state index >= 15 is 0 Å². The molecule has 0 spiro atoms. The fourth-order valence-corrected chi connectivity index (χ4v) is 1.97. The first kappa shape index (κ1) is 12.4. The molecular weight excluding hydrogens is 202 g/mol. The van der Waals surface area contributed by atoms with Crippen LogP contribution in [0.4, 0.5) is 5.69 Å². The van der Waals surface area contributed by atoms with Crippen LogP contribution in [-0.2, 0) is 0 Å². The molecule has 15 heavy (non-hydrogen) atoms. The standard InChI is InChI=1S/C13H21NS/c1-12-8-4-5-9-13(12)14(2)10-6-3-7-11-15/h4-5,8-9,15H,3,6-7,10-11H2,1-2H3. The van der Waals surface area contributed by atoms with E-state index in [0.29, 0.717) is 0 Å². The van der Waals surface area contributed by atoms with E-state index in [2.05, 4.69) is 55.8 Å². The molecule has 1 nitrogen and oxygen atoms in total. The van der Waals surface area contributed by atoms with Crippen LogP contribution in [0.15, 0.2) is 24.3 Å². The molecule has 2 heteroatoms. The minimum atomic E-state index is 1.01. The maximum atomic E-state index is 4.22. The number of anilines is 1. The molecule has 0 N–H and O–H groups in total. The highest BCUT2D eigenvalue weighted by molar-refractivity contribution is 7.80. The van der Waals surface area contributed by atoms with Gasteiger partial charge in [0.1, 0.15) is 0 Å². The van der Waals surface area contributed by atoms with Crippen LogP contribution < -0.4 is 4.90 Å². The molecule has 0 fully saturated rings. The Morgan fingerprint density at radius 1 is 1.13 bits per heavy atom. The van der Waals surface area contributed by atoms with Crippen molar-refractivity contribution < 1.29 is 0 Å².